The van der Waals surface area contributed by atoms with Crippen LogP contribution in [0.4, 0.5) is 4.79 Å². The van der Waals surface area contributed by atoms with Gasteiger partial charge in [0.1, 0.15) is 0 Å². The van der Waals surface area contributed by atoms with Crippen LogP contribution in [-0.2, 0) is 11.3 Å². The molecular formula is C20H29N3O2. The van der Waals surface area contributed by atoms with E-state index in [-0.39, 0.29) is 23.9 Å². The number of benzene rings is 1. The van der Waals surface area contributed by atoms with E-state index in [1.54, 1.807) is 0 Å². The molecule has 2 atom stereocenters. The highest BCUT2D eigenvalue weighted by Crippen LogP contribution is 2.31. The quantitative estimate of drug-likeness (QED) is 0.867. The summed E-state index contributed by atoms with van der Waals surface area (Å²) in [6.07, 6.45) is 5.86. The fraction of sp³-hybridized carbons (Fsp3) is 0.600. The van der Waals surface area contributed by atoms with E-state index in [0.29, 0.717) is 6.54 Å². The van der Waals surface area contributed by atoms with Crippen molar-refractivity contribution < 1.29 is 9.59 Å². The number of nitrogens with zero attached hydrogens (tertiary/aromatic N) is 1. The topological polar surface area (TPSA) is 61.4 Å². The lowest BCUT2D eigenvalue weighted by Crippen LogP contribution is -2.51. The normalized spacial score (nSPS) is 24.4. The van der Waals surface area contributed by atoms with Gasteiger partial charge in [-0.05, 0) is 44.6 Å². The second-order valence-corrected chi connectivity index (χ2v) is 7.29. The minimum atomic E-state index is -0.0526. The number of carbonyl (C=O) groups is 2. The third kappa shape index (κ3) is 4.53. The molecule has 1 aromatic carbocycles. The standard InChI is InChI=1S/C20H29N3O2/c1-15-8-10-16(11-9-15)14-22-20(25)23-13-4-2-3-12-21-19(24)17-6-5-7-18(17)23/h8-11,17-18H,2-7,12-14H2,1H3,(H,21,24)(H,22,25)/t17-,18+/m1/s1. The van der Waals surface area contributed by atoms with Gasteiger partial charge in [-0.1, -0.05) is 36.2 Å². The van der Waals surface area contributed by atoms with Gasteiger partial charge < -0.3 is 15.5 Å². The summed E-state index contributed by atoms with van der Waals surface area (Å²) in [5.41, 5.74) is 2.31. The highest BCUT2D eigenvalue weighted by Gasteiger charge is 2.38. The fourth-order valence-electron chi connectivity index (χ4n) is 3.95. The zero-order valence-electron chi connectivity index (χ0n) is 15.1. The third-order valence-corrected chi connectivity index (χ3v) is 5.42. The van der Waals surface area contributed by atoms with E-state index in [2.05, 4.69) is 29.7 Å². The zero-order chi connectivity index (χ0) is 17.6. The Bertz CT molecular complexity index is 599. The molecule has 2 N–H and O–H groups in total. The van der Waals surface area contributed by atoms with E-state index in [0.717, 1.165) is 57.2 Å². The van der Waals surface area contributed by atoms with Gasteiger partial charge in [-0.25, -0.2) is 4.79 Å². The molecule has 5 heteroatoms. The van der Waals surface area contributed by atoms with Crippen LogP contribution in [0.25, 0.3) is 0 Å². The molecule has 0 radical (unpaired) electrons. The van der Waals surface area contributed by atoms with Crippen molar-refractivity contribution in [3.63, 3.8) is 0 Å². The molecule has 1 saturated heterocycles. The summed E-state index contributed by atoms with van der Waals surface area (Å²) in [5, 5.41) is 6.10. The fourth-order valence-corrected chi connectivity index (χ4v) is 3.95. The molecule has 1 heterocycles. The van der Waals surface area contributed by atoms with Gasteiger partial charge in [0.2, 0.25) is 5.91 Å². The highest BCUT2D eigenvalue weighted by atomic mass is 16.2. The third-order valence-electron chi connectivity index (χ3n) is 5.42. The van der Waals surface area contributed by atoms with Gasteiger partial charge in [-0.3, -0.25) is 4.79 Å². The van der Waals surface area contributed by atoms with E-state index in [4.69, 9.17) is 0 Å². The van der Waals surface area contributed by atoms with Crippen LogP contribution in [0.15, 0.2) is 24.3 Å². The highest BCUT2D eigenvalue weighted by molar-refractivity contribution is 5.81. The van der Waals surface area contributed by atoms with Gasteiger partial charge >= 0.3 is 6.03 Å². The molecule has 5 nitrogen and oxygen atoms in total. The van der Waals surface area contributed by atoms with Crippen LogP contribution in [0.5, 0.6) is 0 Å². The van der Waals surface area contributed by atoms with Crippen LogP contribution in [0.3, 0.4) is 0 Å². The van der Waals surface area contributed by atoms with Crippen molar-refractivity contribution in [3.05, 3.63) is 35.4 Å². The molecule has 1 aliphatic carbocycles. The number of aryl methyl sites for hydroxylation is 1. The molecule has 3 amide bonds. The summed E-state index contributed by atoms with van der Waals surface area (Å²) in [4.78, 5) is 27.2. The van der Waals surface area contributed by atoms with Crippen LogP contribution in [-0.4, -0.2) is 36.0 Å². The molecule has 0 aromatic heterocycles. The van der Waals surface area contributed by atoms with Gasteiger partial charge in [0, 0.05) is 25.7 Å². The van der Waals surface area contributed by atoms with Crippen LogP contribution in [0.1, 0.15) is 49.7 Å². The summed E-state index contributed by atoms with van der Waals surface area (Å²) in [6, 6.07) is 8.21. The van der Waals surface area contributed by atoms with Crippen molar-refractivity contribution in [1.29, 1.82) is 0 Å². The van der Waals surface area contributed by atoms with E-state index < -0.39 is 0 Å². The maximum atomic E-state index is 12.8. The van der Waals surface area contributed by atoms with Gasteiger partial charge in [-0.2, -0.15) is 0 Å². The number of hydrogen-bond donors (Lipinski definition) is 2. The first kappa shape index (κ1) is 17.8. The minimum Gasteiger partial charge on any atom is -0.356 e. The van der Waals surface area contributed by atoms with Crippen molar-refractivity contribution in [2.24, 2.45) is 5.92 Å². The van der Waals surface area contributed by atoms with Crippen molar-refractivity contribution >= 4 is 11.9 Å². The molecular weight excluding hydrogens is 314 g/mol. The van der Waals surface area contributed by atoms with Gasteiger partial charge in [-0.15, -0.1) is 0 Å². The van der Waals surface area contributed by atoms with E-state index >= 15 is 0 Å². The SMILES string of the molecule is Cc1ccc(CNC(=O)N2CCCCCNC(=O)[C@@H]3CCC[C@@H]32)cc1. The first-order chi connectivity index (χ1) is 12.1. The number of carbonyl (C=O) groups excluding carboxylic acids is 2. The summed E-state index contributed by atoms with van der Waals surface area (Å²) in [5.74, 6) is 0.0731. The number of rotatable bonds is 2. The van der Waals surface area contributed by atoms with Crippen LogP contribution in [0, 0.1) is 12.8 Å². The lowest BCUT2D eigenvalue weighted by molar-refractivity contribution is -0.126. The zero-order valence-corrected chi connectivity index (χ0v) is 15.1. The lowest BCUT2D eigenvalue weighted by Gasteiger charge is -2.33. The molecule has 25 heavy (non-hydrogen) atoms. The molecule has 1 aliphatic heterocycles. The van der Waals surface area contributed by atoms with Crippen molar-refractivity contribution in [2.45, 2.75) is 58.0 Å². The molecule has 0 spiro atoms. The Balaban J connectivity index is 1.66. The van der Waals surface area contributed by atoms with E-state index in [9.17, 15) is 9.59 Å². The Hall–Kier alpha value is -2.04. The largest absolute Gasteiger partial charge is 0.356 e. The Kier molecular flexibility index (Phi) is 5.95. The predicted octanol–water partition coefficient (Wildman–Crippen LogP) is 2.98. The predicted molar refractivity (Wildman–Crippen MR) is 98.1 cm³/mol. The molecule has 1 aromatic rings. The monoisotopic (exact) mass is 343 g/mol. The lowest BCUT2D eigenvalue weighted by atomic mass is 9.99. The van der Waals surface area contributed by atoms with Gasteiger partial charge in [0.25, 0.3) is 0 Å². The summed E-state index contributed by atoms with van der Waals surface area (Å²) in [7, 11) is 0. The molecule has 3 rings (SSSR count). The molecule has 0 unspecified atom stereocenters. The molecule has 2 fully saturated rings. The first-order valence-electron chi connectivity index (χ1n) is 9.53. The molecule has 2 aliphatic rings. The van der Waals surface area contributed by atoms with Crippen molar-refractivity contribution in [3.8, 4) is 0 Å². The number of hydrogen-bond acceptors (Lipinski definition) is 2. The number of nitrogens with one attached hydrogen (secondary N) is 2. The first-order valence-corrected chi connectivity index (χ1v) is 9.53. The smallest absolute Gasteiger partial charge is 0.317 e. The van der Waals surface area contributed by atoms with Crippen molar-refractivity contribution in [1.82, 2.24) is 15.5 Å². The summed E-state index contributed by atoms with van der Waals surface area (Å²) >= 11 is 0. The molecule has 1 saturated carbocycles. The second kappa shape index (κ2) is 8.37. The number of urea groups is 1. The Morgan fingerprint density at radius 1 is 1.16 bits per heavy atom. The average Bonchev–Trinajstić information content (AvgIpc) is 3.09. The summed E-state index contributed by atoms with van der Waals surface area (Å²) < 4.78 is 0. The maximum absolute atomic E-state index is 12.8. The minimum absolute atomic E-state index is 0.0363. The number of fused-ring (bicyclic) bond motifs is 1. The van der Waals surface area contributed by atoms with E-state index in [1.165, 1.54) is 5.56 Å². The van der Waals surface area contributed by atoms with Gasteiger partial charge in [0.05, 0.1) is 5.92 Å². The van der Waals surface area contributed by atoms with Gasteiger partial charge in [0.15, 0.2) is 0 Å². The number of amides is 3. The summed E-state index contributed by atoms with van der Waals surface area (Å²) in [6.45, 7) is 4.09. The maximum Gasteiger partial charge on any atom is 0.317 e. The Morgan fingerprint density at radius 2 is 1.96 bits per heavy atom. The van der Waals surface area contributed by atoms with Crippen LogP contribution >= 0.6 is 0 Å². The van der Waals surface area contributed by atoms with Crippen LogP contribution in [0.2, 0.25) is 0 Å². The molecule has 136 valence electrons. The molecule has 0 bridgehead atoms. The average molecular weight is 343 g/mol. The Morgan fingerprint density at radius 3 is 2.76 bits per heavy atom. The van der Waals surface area contributed by atoms with Crippen LogP contribution < -0.4 is 10.6 Å². The second-order valence-electron chi connectivity index (χ2n) is 7.29. The van der Waals surface area contributed by atoms with E-state index in [1.807, 2.05) is 17.0 Å². The van der Waals surface area contributed by atoms with Crippen molar-refractivity contribution in [2.75, 3.05) is 13.1 Å². The Labute approximate surface area is 150 Å².